The summed E-state index contributed by atoms with van der Waals surface area (Å²) in [5.74, 6) is -0.672. The molecule has 126 valence electrons. The smallest absolute Gasteiger partial charge is 0.261 e. The molecule has 0 aliphatic rings. The van der Waals surface area contributed by atoms with Crippen LogP contribution in [-0.2, 0) is 14.8 Å². The van der Waals surface area contributed by atoms with Crippen LogP contribution in [0.2, 0.25) is 0 Å². The number of thioether (sulfide) groups is 1. The fourth-order valence-electron chi connectivity index (χ4n) is 1.91. The summed E-state index contributed by atoms with van der Waals surface area (Å²) in [6, 6.07) is 12.5. The molecule has 6 nitrogen and oxygen atoms in total. The molecule has 2 rings (SSSR count). The summed E-state index contributed by atoms with van der Waals surface area (Å²) >= 11 is 1.14. The SMILES string of the molecule is CC(=O)c1cccc(S(=O)(=O)Nc2ccccc2SCC(N)=O)c1. The predicted octanol–water partition coefficient (Wildman–Crippen LogP) is 2.27. The summed E-state index contributed by atoms with van der Waals surface area (Å²) in [5.41, 5.74) is 5.78. The Morgan fingerprint density at radius 2 is 1.83 bits per heavy atom. The van der Waals surface area contributed by atoms with Crippen molar-refractivity contribution in [3.05, 3.63) is 54.1 Å². The van der Waals surface area contributed by atoms with Crippen molar-refractivity contribution in [1.29, 1.82) is 0 Å². The summed E-state index contributed by atoms with van der Waals surface area (Å²) in [5, 5.41) is 0. The van der Waals surface area contributed by atoms with Gasteiger partial charge in [0.1, 0.15) is 0 Å². The predicted molar refractivity (Wildman–Crippen MR) is 93.6 cm³/mol. The third-order valence-electron chi connectivity index (χ3n) is 3.05. The van der Waals surface area contributed by atoms with Crippen LogP contribution in [0, 0.1) is 0 Å². The number of sulfonamides is 1. The Morgan fingerprint density at radius 1 is 1.12 bits per heavy atom. The van der Waals surface area contributed by atoms with Gasteiger partial charge in [0.25, 0.3) is 10.0 Å². The average Bonchev–Trinajstić information content (AvgIpc) is 2.53. The first kappa shape index (κ1) is 18.0. The van der Waals surface area contributed by atoms with E-state index in [1.165, 1.54) is 25.1 Å². The summed E-state index contributed by atoms with van der Waals surface area (Å²) in [6.07, 6.45) is 0. The number of benzene rings is 2. The van der Waals surface area contributed by atoms with E-state index in [9.17, 15) is 18.0 Å². The topological polar surface area (TPSA) is 106 Å². The Morgan fingerprint density at radius 3 is 2.50 bits per heavy atom. The molecule has 0 fully saturated rings. The number of rotatable bonds is 7. The first-order valence-corrected chi connectivity index (χ1v) is 9.40. The molecule has 0 aliphatic heterocycles. The van der Waals surface area contributed by atoms with Crippen LogP contribution >= 0.6 is 11.8 Å². The largest absolute Gasteiger partial charge is 0.369 e. The van der Waals surface area contributed by atoms with Crippen molar-refractivity contribution < 1.29 is 18.0 Å². The number of carbonyl (C=O) groups excluding carboxylic acids is 2. The number of nitrogens with one attached hydrogen (secondary N) is 1. The highest BCUT2D eigenvalue weighted by Gasteiger charge is 2.17. The lowest BCUT2D eigenvalue weighted by atomic mass is 10.2. The number of hydrogen-bond donors (Lipinski definition) is 2. The summed E-state index contributed by atoms with van der Waals surface area (Å²) in [6.45, 7) is 1.37. The highest BCUT2D eigenvalue weighted by Crippen LogP contribution is 2.28. The van der Waals surface area contributed by atoms with Crippen molar-refractivity contribution in [3.63, 3.8) is 0 Å². The maximum absolute atomic E-state index is 12.5. The molecule has 0 atom stereocenters. The second-order valence-electron chi connectivity index (χ2n) is 4.94. The molecule has 2 aromatic carbocycles. The van der Waals surface area contributed by atoms with E-state index in [1.54, 1.807) is 30.3 Å². The van der Waals surface area contributed by atoms with Gasteiger partial charge >= 0.3 is 0 Å². The monoisotopic (exact) mass is 364 g/mol. The Balaban J connectivity index is 2.31. The molecule has 2 aromatic rings. The second kappa shape index (κ2) is 7.50. The van der Waals surface area contributed by atoms with Gasteiger partial charge in [-0.15, -0.1) is 11.8 Å². The van der Waals surface area contributed by atoms with Crippen molar-refractivity contribution in [2.45, 2.75) is 16.7 Å². The van der Waals surface area contributed by atoms with Crippen molar-refractivity contribution in [2.75, 3.05) is 10.5 Å². The normalized spacial score (nSPS) is 11.0. The zero-order valence-corrected chi connectivity index (χ0v) is 14.5. The standard InChI is InChI=1S/C16H16N2O4S2/c1-11(19)12-5-4-6-13(9-12)24(21,22)18-14-7-2-3-8-15(14)23-10-16(17)20/h2-9,18H,10H2,1H3,(H2,17,20). The average molecular weight is 364 g/mol. The molecule has 24 heavy (non-hydrogen) atoms. The van der Waals surface area contributed by atoms with Crippen LogP contribution in [0.25, 0.3) is 0 Å². The molecule has 8 heteroatoms. The van der Waals surface area contributed by atoms with Crippen LogP contribution in [0.15, 0.2) is 58.3 Å². The van der Waals surface area contributed by atoms with E-state index in [0.717, 1.165) is 11.8 Å². The maximum atomic E-state index is 12.5. The molecular weight excluding hydrogens is 348 g/mol. The molecule has 0 bridgehead atoms. The minimum atomic E-state index is -3.86. The van der Waals surface area contributed by atoms with Crippen LogP contribution in [0.3, 0.4) is 0 Å². The van der Waals surface area contributed by atoms with Gasteiger partial charge in [-0.2, -0.15) is 0 Å². The Hall–Kier alpha value is -2.32. The minimum Gasteiger partial charge on any atom is -0.369 e. The Bertz CT molecular complexity index is 879. The van der Waals surface area contributed by atoms with Gasteiger partial charge in [-0.05, 0) is 31.2 Å². The van der Waals surface area contributed by atoms with Gasteiger partial charge in [-0.1, -0.05) is 24.3 Å². The number of ketones is 1. The number of nitrogens with two attached hydrogens (primary N) is 1. The van der Waals surface area contributed by atoms with E-state index in [0.29, 0.717) is 16.1 Å². The van der Waals surface area contributed by atoms with Gasteiger partial charge in [0, 0.05) is 10.5 Å². The first-order chi connectivity index (χ1) is 11.3. The fourth-order valence-corrected chi connectivity index (χ4v) is 3.85. The van der Waals surface area contributed by atoms with E-state index in [4.69, 9.17) is 5.73 Å². The number of anilines is 1. The van der Waals surface area contributed by atoms with Gasteiger partial charge in [0.15, 0.2) is 5.78 Å². The number of para-hydroxylation sites is 1. The molecule has 0 spiro atoms. The molecule has 0 saturated carbocycles. The number of primary amides is 1. The maximum Gasteiger partial charge on any atom is 0.261 e. The molecule has 0 aliphatic carbocycles. The van der Waals surface area contributed by atoms with E-state index >= 15 is 0 Å². The highest BCUT2D eigenvalue weighted by atomic mass is 32.2. The Labute approximate surface area is 144 Å². The van der Waals surface area contributed by atoms with Crippen LogP contribution < -0.4 is 10.5 Å². The molecule has 1 amide bonds. The van der Waals surface area contributed by atoms with Gasteiger partial charge in [-0.25, -0.2) is 8.42 Å². The van der Waals surface area contributed by atoms with Crippen molar-refractivity contribution in [1.82, 2.24) is 0 Å². The number of Topliss-reactive ketones (excluding diaryl/α,β-unsaturated/α-hetero) is 1. The van der Waals surface area contributed by atoms with Gasteiger partial charge in [0.05, 0.1) is 16.3 Å². The van der Waals surface area contributed by atoms with Gasteiger partial charge in [0.2, 0.25) is 5.91 Å². The highest BCUT2D eigenvalue weighted by molar-refractivity contribution is 8.00. The second-order valence-corrected chi connectivity index (χ2v) is 7.64. The zero-order valence-electron chi connectivity index (χ0n) is 12.9. The Kier molecular flexibility index (Phi) is 5.63. The fraction of sp³-hybridized carbons (Fsp3) is 0.125. The van der Waals surface area contributed by atoms with E-state index < -0.39 is 15.9 Å². The van der Waals surface area contributed by atoms with Gasteiger partial charge in [-0.3, -0.25) is 14.3 Å². The number of amides is 1. The molecule has 0 heterocycles. The van der Waals surface area contributed by atoms with Crippen molar-refractivity contribution >= 4 is 39.2 Å². The molecule has 0 unspecified atom stereocenters. The van der Waals surface area contributed by atoms with Crippen molar-refractivity contribution in [3.8, 4) is 0 Å². The van der Waals surface area contributed by atoms with Crippen molar-refractivity contribution in [2.24, 2.45) is 5.73 Å². The molecule has 3 N–H and O–H groups in total. The molecule has 0 saturated heterocycles. The van der Waals surface area contributed by atoms with E-state index in [2.05, 4.69) is 4.72 Å². The third-order valence-corrected chi connectivity index (χ3v) is 5.51. The lowest BCUT2D eigenvalue weighted by molar-refractivity contribution is -0.115. The quantitative estimate of drug-likeness (QED) is 0.579. The summed E-state index contributed by atoms with van der Waals surface area (Å²) in [7, 11) is -3.86. The lowest BCUT2D eigenvalue weighted by Gasteiger charge is -2.12. The third kappa shape index (κ3) is 4.59. The van der Waals surface area contributed by atoms with Crippen LogP contribution in [-0.4, -0.2) is 25.9 Å². The van der Waals surface area contributed by atoms with Gasteiger partial charge < -0.3 is 5.73 Å². The van der Waals surface area contributed by atoms with Crippen LogP contribution in [0.1, 0.15) is 17.3 Å². The molecule has 0 radical (unpaired) electrons. The summed E-state index contributed by atoms with van der Waals surface area (Å²) in [4.78, 5) is 22.9. The summed E-state index contributed by atoms with van der Waals surface area (Å²) < 4.78 is 27.6. The molecule has 0 aromatic heterocycles. The van der Waals surface area contributed by atoms with E-state index in [1.807, 2.05) is 0 Å². The number of carbonyl (C=O) groups is 2. The molecular formula is C16H16N2O4S2. The minimum absolute atomic E-state index is 0.00935. The van der Waals surface area contributed by atoms with Crippen LogP contribution in [0.4, 0.5) is 5.69 Å². The zero-order chi connectivity index (χ0) is 17.7. The van der Waals surface area contributed by atoms with E-state index in [-0.39, 0.29) is 16.4 Å². The lowest BCUT2D eigenvalue weighted by Crippen LogP contribution is -2.15. The number of hydrogen-bond acceptors (Lipinski definition) is 5. The van der Waals surface area contributed by atoms with Crippen LogP contribution in [0.5, 0.6) is 0 Å². The first-order valence-electron chi connectivity index (χ1n) is 6.93.